The molecule has 0 radical (unpaired) electrons. The van der Waals surface area contributed by atoms with Crippen LogP contribution in [0.5, 0.6) is 0 Å². The van der Waals surface area contributed by atoms with Gasteiger partial charge >= 0.3 is 7.60 Å². The summed E-state index contributed by atoms with van der Waals surface area (Å²) in [5.74, 6) is 0. The van der Waals surface area contributed by atoms with E-state index in [0.29, 0.717) is 5.56 Å². The van der Waals surface area contributed by atoms with Crippen molar-refractivity contribution < 1.29 is 18.0 Å². The fraction of sp³-hybridized carbons (Fsp3) is 0.385. The van der Waals surface area contributed by atoms with E-state index in [1.807, 2.05) is 19.1 Å². The van der Waals surface area contributed by atoms with Crippen molar-refractivity contribution in [3.63, 3.8) is 0 Å². The van der Waals surface area contributed by atoms with Crippen LogP contribution in [0.2, 0.25) is 0 Å². The Morgan fingerprint density at radius 1 is 1.22 bits per heavy atom. The SMILES string of the molecule is CCOP(=O)(OCC)/C(F)=C/c1ccc(C)cc1. The van der Waals surface area contributed by atoms with E-state index in [9.17, 15) is 8.96 Å². The van der Waals surface area contributed by atoms with E-state index in [1.54, 1.807) is 26.0 Å². The second-order valence-corrected chi connectivity index (χ2v) is 5.65. The van der Waals surface area contributed by atoms with Crippen LogP contribution in [0, 0.1) is 6.92 Å². The van der Waals surface area contributed by atoms with Crippen LogP contribution >= 0.6 is 7.60 Å². The largest absolute Gasteiger partial charge is 0.389 e. The molecule has 100 valence electrons. The van der Waals surface area contributed by atoms with Crippen molar-refractivity contribution in [1.29, 1.82) is 0 Å². The van der Waals surface area contributed by atoms with Crippen LogP contribution in [0.1, 0.15) is 25.0 Å². The number of hydrogen-bond acceptors (Lipinski definition) is 3. The van der Waals surface area contributed by atoms with Gasteiger partial charge in [-0.1, -0.05) is 29.8 Å². The van der Waals surface area contributed by atoms with E-state index in [2.05, 4.69) is 0 Å². The zero-order valence-electron chi connectivity index (χ0n) is 10.9. The molecule has 0 aliphatic carbocycles. The molecule has 0 unspecified atom stereocenters. The summed E-state index contributed by atoms with van der Waals surface area (Å²) < 4.78 is 35.9. The molecule has 0 saturated heterocycles. The average molecular weight is 272 g/mol. The maximum absolute atomic E-state index is 14.0. The lowest BCUT2D eigenvalue weighted by atomic mass is 10.1. The van der Waals surface area contributed by atoms with E-state index in [0.717, 1.165) is 5.56 Å². The molecule has 0 aromatic heterocycles. The van der Waals surface area contributed by atoms with Crippen molar-refractivity contribution >= 4 is 13.7 Å². The fourth-order valence-electron chi connectivity index (χ4n) is 1.38. The van der Waals surface area contributed by atoms with Gasteiger partial charge in [-0.25, -0.2) is 0 Å². The Morgan fingerprint density at radius 3 is 2.17 bits per heavy atom. The lowest BCUT2D eigenvalue weighted by Gasteiger charge is -2.14. The maximum Gasteiger partial charge on any atom is 0.389 e. The number of benzene rings is 1. The maximum atomic E-state index is 14.0. The van der Waals surface area contributed by atoms with Crippen molar-refractivity contribution in [2.45, 2.75) is 20.8 Å². The molecule has 0 aliphatic rings. The molecule has 0 spiro atoms. The van der Waals surface area contributed by atoms with Gasteiger partial charge in [0.25, 0.3) is 0 Å². The van der Waals surface area contributed by atoms with Crippen LogP contribution in [0.3, 0.4) is 0 Å². The topological polar surface area (TPSA) is 35.5 Å². The fourth-order valence-corrected chi connectivity index (χ4v) is 2.69. The summed E-state index contributed by atoms with van der Waals surface area (Å²) in [6.07, 6.45) is 1.19. The minimum absolute atomic E-state index is 0.131. The van der Waals surface area contributed by atoms with Gasteiger partial charge in [0.2, 0.25) is 5.57 Å². The lowest BCUT2D eigenvalue weighted by molar-refractivity contribution is 0.220. The normalized spacial score (nSPS) is 12.8. The van der Waals surface area contributed by atoms with Gasteiger partial charge in [-0.15, -0.1) is 0 Å². The van der Waals surface area contributed by atoms with Crippen molar-refractivity contribution in [3.05, 3.63) is 41.0 Å². The van der Waals surface area contributed by atoms with Gasteiger partial charge in [0.1, 0.15) is 0 Å². The first-order valence-electron chi connectivity index (χ1n) is 5.85. The molecule has 0 heterocycles. The molecule has 3 nitrogen and oxygen atoms in total. The first-order valence-corrected chi connectivity index (χ1v) is 7.39. The minimum atomic E-state index is -3.79. The van der Waals surface area contributed by atoms with Crippen molar-refractivity contribution in [2.75, 3.05) is 13.2 Å². The molecule has 0 aliphatic heterocycles. The summed E-state index contributed by atoms with van der Waals surface area (Å²) >= 11 is 0. The average Bonchev–Trinajstić information content (AvgIpc) is 2.32. The number of hydrogen-bond donors (Lipinski definition) is 0. The van der Waals surface area contributed by atoms with Gasteiger partial charge in [0.05, 0.1) is 13.2 Å². The zero-order valence-corrected chi connectivity index (χ0v) is 11.7. The molecule has 1 aromatic carbocycles. The third kappa shape index (κ3) is 4.05. The van der Waals surface area contributed by atoms with E-state index in [4.69, 9.17) is 9.05 Å². The predicted molar refractivity (Wildman–Crippen MR) is 71.1 cm³/mol. The van der Waals surface area contributed by atoms with E-state index >= 15 is 0 Å². The summed E-state index contributed by atoms with van der Waals surface area (Å²) in [7, 11) is -3.79. The molecule has 0 atom stereocenters. The predicted octanol–water partition coefficient (Wildman–Crippen LogP) is 4.53. The highest BCUT2D eigenvalue weighted by Gasteiger charge is 2.30. The van der Waals surface area contributed by atoms with E-state index < -0.39 is 13.2 Å². The lowest BCUT2D eigenvalue weighted by Crippen LogP contribution is -1.96. The van der Waals surface area contributed by atoms with Crippen LogP contribution < -0.4 is 0 Å². The highest BCUT2D eigenvalue weighted by molar-refractivity contribution is 7.58. The third-order valence-corrected chi connectivity index (χ3v) is 4.07. The summed E-state index contributed by atoms with van der Waals surface area (Å²) in [6.45, 7) is 5.49. The summed E-state index contributed by atoms with van der Waals surface area (Å²) in [5.41, 5.74) is 0.832. The molecule has 0 bridgehead atoms. The second kappa shape index (κ2) is 6.83. The molecule has 0 N–H and O–H groups in total. The molecule has 0 fully saturated rings. The Labute approximate surface area is 107 Å². The number of rotatable bonds is 6. The minimum Gasteiger partial charge on any atom is -0.304 e. The van der Waals surface area contributed by atoms with Gasteiger partial charge in [-0.05, 0) is 32.4 Å². The highest BCUT2D eigenvalue weighted by atomic mass is 31.2. The van der Waals surface area contributed by atoms with Crippen molar-refractivity contribution in [2.24, 2.45) is 0 Å². The van der Waals surface area contributed by atoms with Gasteiger partial charge in [-0.3, -0.25) is 4.57 Å². The Balaban J connectivity index is 2.98. The van der Waals surface area contributed by atoms with Crippen LogP contribution in [0.25, 0.3) is 6.08 Å². The quantitative estimate of drug-likeness (QED) is 0.714. The molecular formula is C13H18FO3P. The molecule has 1 aromatic rings. The van der Waals surface area contributed by atoms with Crippen LogP contribution in [0.4, 0.5) is 4.39 Å². The smallest absolute Gasteiger partial charge is 0.304 e. The van der Waals surface area contributed by atoms with Crippen LogP contribution in [0.15, 0.2) is 29.8 Å². The van der Waals surface area contributed by atoms with E-state index in [-0.39, 0.29) is 13.2 Å². The Hall–Kier alpha value is -0.960. The summed E-state index contributed by atoms with van der Waals surface area (Å²) in [4.78, 5) is 0. The Kier molecular flexibility index (Phi) is 5.73. The van der Waals surface area contributed by atoms with Crippen molar-refractivity contribution in [1.82, 2.24) is 0 Å². The summed E-state index contributed by atoms with van der Waals surface area (Å²) in [5, 5.41) is 0. The third-order valence-electron chi connectivity index (χ3n) is 2.22. The molecule has 5 heteroatoms. The number of aryl methyl sites for hydroxylation is 1. The van der Waals surface area contributed by atoms with Crippen LogP contribution in [-0.4, -0.2) is 13.2 Å². The van der Waals surface area contributed by atoms with E-state index in [1.165, 1.54) is 6.08 Å². The monoisotopic (exact) mass is 272 g/mol. The molecular weight excluding hydrogens is 254 g/mol. The zero-order chi connectivity index (χ0) is 13.6. The second-order valence-electron chi connectivity index (χ2n) is 3.71. The Morgan fingerprint density at radius 2 is 1.72 bits per heavy atom. The van der Waals surface area contributed by atoms with Crippen LogP contribution in [-0.2, 0) is 13.6 Å². The van der Waals surface area contributed by atoms with Gasteiger partial charge < -0.3 is 9.05 Å². The standard InChI is InChI=1S/C13H18FO3P/c1-4-16-18(15,17-5-2)13(14)10-12-8-6-11(3)7-9-12/h6-10H,4-5H2,1-3H3/b13-10+. The van der Waals surface area contributed by atoms with Gasteiger partial charge in [0, 0.05) is 0 Å². The molecule has 18 heavy (non-hydrogen) atoms. The van der Waals surface area contributed by atoms with Gasteiger partial charge in [-0.2, -0.15) is 4.39 Å². The summed E-state index contributed by atoms with van der Waals surface area (Å²) in [6, 6.07) is 7.20. The molecule has 0 amide bonds. The number of halogens is 1. The highest BCUT2D eigenvalue weighted by Crippen LogP contribution is 2.57. The molecule has 1 rings (SSSR count). The first kappa shape index (κ1) is 15.1. The Bertz CT molecular complexity index is 444. The molecule has 0 saturated carbocycles. The van der Waals surface area contributed by atoms with Crippen molar-refractivity contribution in [3.8, 4) is 0 Å². The first-order chi connectivity index (χ1) is 8.51. The van der Waals surface area contributed by atoms with Gasteiger partial charge in [0.15, 0.2) is 0 Å².